The molecule has 0 radical (unpaired) electrons. The van der Waals surface area contributed by atoms with Crippen LogP contribution in [0.1, 0.15) is 131 Å². The number of carbonyl (C=O) groups excluding carboxylic acids is 3. The number of thiazole rings is 1. The second kappa shape index (κ2) is 19.5. The predicted octanol–water partition coefficient (Wildman–Crippen LogP) is 5.88. The Kier molecular flexibility index (Phi) is 15.4. The smallest absolute Gasteiger partial charge is 0.306 e. The van der Waals surface area contributed by atoms with Crippen molar-refractivity contribution < 1.29 is 29.4 Å². The van der Waals surface area contributed by atoms with Gasteiger partial charge < -0.3 is 31.5 Å². The van der Waals surface area contributed by atoms with Crippen LogP contribution in [0.25, 0.3) is 0 Å². The second-order valence-corrected chi connectivity index (χ2v) is 15.9. The SMILES string of the molecule is C=C(CCCCNC)C(=O)N[C@H](C(=O)N[C@H](C[C@@H](O)c1nc(C(=O)NC2(C[C@H](C)C(=O)O)CC2c2ccccc2)cs1)C1CCCCC1)C(C)CC. The molecule has 1 heterocycles. The number of aliphatic hydroxyl groups is 1. The molecule has 286 valence electrons. The molecule has 2 saturated carbocycles. The number of nitrogens with one attached hydrogen (secondary N) is 4. The van der Waals surface area contributed by atoms with Gasteiger partial charge in [-0.3, -0.25) is 19.2 Å². The zero-order valence-corrected chi connectivity index (χ0v) is 32.1. The van der Waals surface area contributed by atoms with Gasteiger partial charge in [-0.25, -0.2) is 4.98 Å². The molecule has 2 aliphatic carbocycles. The normalized spacial score (nSPS) is 21.6. The number of carboxylic acid groups (broad SMARTS) is 1. The topological polar surface area (TPSA) is 170 Å². The first-order chi connectivity index (χ1) is 24.9. The minimum absolute atomic E-state index is 0.00606. The first kappa shape index (κ1) is 41.2. The Morgan fingerprint density at radius 3 is 2.42 bits per heavy atom. The van der Waals surface area contributed by atoms with E-state index in [0.29, 0.717) is 36.3 Å². The maximum atomic E-state index is 13.9. The summed E-state index contributed by atoms with van der Waals surface area (Å²) in [6.45, 7) is 10.4. The van der Waals surface area contributed by atoms with Crippen molar-refractivity contribution in [2.75, 3.05) is 13.6 Å². The van der Waals surface area contributed by atoms with Gasteiger partial charge >= 0.3 is 5.97 Å². The van der Waals surface area contributed by atoms with Crippen molar-refractivity contribution in [2.24, 2.45) is 17.8 Å². The molecular weight excluding hydrogens is 679 g/mol. The number of carboxylic acids is 1. The fourth-order valence-electron chi connectivity index (χ4n) is 7.53. The number of aromatic nitrogens is 1. The zero-order chi connectivity index (χ0) is 37.8. The summed E-state index contributed by atoms with van der Waals surface area (Å²) < 4.78 is 0. The van der Waals surface area contributed by atoms with Crippen molar-refractivity contribution >= 4 is 35.0 Å². The van der Waals surface area contributed by atoms with Crippen LogP contribution >= 0.6 is 11.3 Å². The molecule has 52 heavy (non-hydrogen) atoms. The van der Waals surface area contributed by atoms with E-state index in [4.69, 9.17) is 0 Å². The van der Waals surface area contributed by atoms with E-state index < -0.39 is 35.5 Å². The Morgan fingerprint density at radius 2 is 1.77 bits per heavy atom. The third kappa shape index (κ3) is 11.2. The lowest BCUT2D eigenvalue weighted by molar-refractivity contribution is -0.141. The van der Waals surface area contributed by atoms with Crippen LogP contribution in [-0.2, 0) is 14.4 Å². The third-order valence-electron chi connectivity index (χ3n) is 11.1. The number of aliphatic hydroxyl groups excluding tert-OH is 1. The highest BCUT2D eigenvalue weighted by molar-refractivity contribution is 7.09. The summed E-state index contributed by atoms with van der Waals surface area (Å²) >= 11 is 1.19. The molecule has 2 aromatic rings. The molecule has 0 saturated heterocycles. The number of unbranched alkanes of at least 4 members (excludes halogenated alkanes) is 1. The van der Waals surface area contributed by atoms with Crippen LogP contribution in [0.3, 0.4) is 0 Å². The Hall–Kier alpha value is -3.61. The van der Waals surface area contributed by atoms with E-state index >= 15 is 0 Å². The van der Waals surface area contributed by atoms with E-state index in [0.717, 1.165) is 57.1 Å². The number of nitrogens with zero attached hydrogens (tertiary/aromatic N) is 1. The van der Waals surface area contributed by atoms with Crippen LogP contribution in [-0.4, -0.2) is 70.1 Å². The van der Waals surface area contributed by atoms with E-state index in [1.54, 1.807) is 12.3 Å². The van der Waals surface area contributed by atoms with Crippen molar-refractivity contribution in [3.63, 3.8) is 0 Å². The van der Waals surface area contributed by atoms with Gasteiger partial charge in [0.05, 0.1) is 5.92 Å². The molecule has 3 unspecified atom stereocenters. The van der Waals surface area contributed by atoms with Crippen molar-refractivity contribution in [3.8, 4) is 0 Å². The Bertz CT molecular complexity index is 1510. The fraction of sp³-hybridized carbons (Fsp3) is 0.625. The molecule has 12 heteroatoms. The third-order valence-corrected chi connectivity index (χ3v) is 12.0. The van der Waals surface area contributed by atoms with Gasteiger partial charge in [-0.05, 0) is 75.9 Å². The van der Waals surface area contributed by atoms with Crippen LogP contribution < -0.4 is 21.3 Å². The quantitative estimate of drug-likeness (QED) is 0.0683. The molecule has 0 bridgehead atoms. The van der Waals surface area contributed by atoms with E-state index in [1.807, 2.05) is 51.2 Å². The molecule has 3 amide bonds. The number of carbonyl (C=O) groups is 4. The standard InChI is InChI=1S/C40H59N5O6S/c1-6-25(2)34(44-35(47)26(3)15-13-14-20-41-5)37(49)42-31(29-18-11-8-12-19-29)21-33(46)38-43-32(24-52-38)36(48)45-40(22-27(4)39(50)51)23-30(40)28-16-9-7-10-17-28/h7,9-10,16-17,24-25,27,29-31,33-34,41,46H,3,6,8,11-15,18-23H2,1-2,4-5H3,(H,42,49)(H,44,47)(H,45,48)(H,50,51)/t25?,27-,30?,31+,33+,34-,40?/m0/s1. The lowest BCUT2D eigenvalue weighted by Crippen LogP contribution is -2.54. The van der Waals surface area contributed by atoms with Gasteiger partial charge in [-0.1, -0.05) is 83.4 Å². The van der Waals surface area contributed by atoms with Crippen LogP contribution in [0.15, 0.2) is 47.9 Å². The van der Waals surface area contributed by atoms with Crippen LogP contribution in [0.4, 0.5) is 0 Å². The summed E-state index contributed by atoms with van der Waals surface area (Å²) in [5, 5.41) is 35.5. The van der Waals surface area contributed by atoms with Gasteiger partial charge in [0.1, 0.15) is 22.8 Å². The summed E-state index contributed by atoms with van der Waals surface area (Å²) in [6.07, 6.45) is 8.18. The average molecular weight is 738 g/mol. The number of hydrogen-bond acceptors (Lipinski definition) is 8. The molecule has 0 aliphatic heterocycles. The minimum Gasteiger partial charge on any atom is -0.481 e. The molecule has 2 aliphatic rings. The molecule has 2 fully saturated rings. The van der Waals surface area contributed by atoms with Crippen LogP contribution in [0.5, 0.6) is 0 Å². The van der Waals surface area contributed by atoms with Gasteiger partial charge in [0.15, 0.2) is 0 Å². The maximum Gasteiger partial charge on any atom is 0.306 e. The van der Waals surface area contributed by atoms with Crippen molar-refractivity contribution in [2.45, 2.75) is 127 Å². The first-order valence-electron chi connectivity index (χ1n) is 19.1. The number of benzene rings is 1. The molecule has 4 rings (SSSR count). The number of rotatable bonds is 21. The highest BCUT2D eigenvalue weighted by Crippen LogP contribution is 2.55. The average Bonchev–Trinajstić information content (AvgIpc) is 3.59. The number of amides is 3. The Labute approximate surface area is 312 Å². The molecule has 0 spiro atoms. The number of aliphatic carboxylic acids is 1. The highest BCUT2D eigenvalue weighted by Gasteiger charge is 2.57. The summed E-state index contributed by atoms with van der Waals surface area (Å²) in [5.41, 5.74) is 0.977. The second-order valence-electron chi connectivity index (χ2n) is 15.1. The summed E-state index contributed by atoms with van der Waals surface area (Å²) in [7, 11) is 1.89. The van der Waals surface area contributed by atoms with Crippen LogP contribution in [0, 0.1) is 17.8 Å². The highest BCUT2D eigenvalue weighted by atomic mass is 32.1. The van der Waals surface area contributed by atoms with Gasteiger partial charge in [-0.2, -0.15) is 0 Å². The van der Waals surface area contributed by atoms with E-state index in [1.165, 1.54) is 11.3 Å². The largest absolute Gasteiger partial charge is 0.481 e. The van der Waals surface area contributed by atoms with Gasteiger partial charge in [0, 0.05) is 34.9 Å². The van der Waals surface area contributed by atoms with Gasteiger partial charge in [-0.15, -0.1) is 11.3 Å². The predicted molar refractivity (Wildman–Crippen MR) is 204 cm³/mol. The monoisotopic (exact) mass is 737 g/mol. The lowest BCUT2D eigenvalue weighted by atomic mass is 9.81. The summed E-state index contributed by atoms with van der Waals surface area (Å²) in [4.78, 5) is 56.9. The van der Waals surface area contributed by atoms with E-state index in [9.17, 15) is 29.4 Å². The van der Waals surface area contributed by atoms with Crippen molar-refractivity contribution in [1.29, 1.82) is 0 Å². The van der Waals surface area contributed by atoms with E-state index in [-0.39, 0.29) is 47.7 Å². The first-order valence-corrected chi connectivity index (χ1v) is 19.9. The lowest BCUT2D eigenvalue weighted by Gasteiger charge is -2.34. The molecule has 1 aromatic heterocycles. The Balaban J connectivity index is 1.44. The van der Waals surface area contributed by atoms with Crippen LogP contribution in [0.2, 0.25) is 0 Å². The van der Waals surface area contributed by atoms with Gasteiger partial charge in [0.2, 0.25) is 11.8 Å². The summed E-state index contributed by atoms with van der Waals surface area (Å²) in [6, 6.07) is 8.68. The Morgan fingerprint density at radius 1 is 1.06 bits per heavy atom. The molecule has 1 aromatic carbocycles. The molecule has 7 atom stereocenters. The minimum atomic E-state index is -1.02. The fourth-order valence-corrected chi connectivity index (χ4v) is 8.33. The van der Waals surface area contributed by atoms with Crippen molar-refractivity contribution in [1.82, 2.24) is 26.3 Å². The van der Waals surface area contributed by atoms with E-state index in [2.05, 4.69) is 32.8 Å². The van der Waals surface area contributed by atoms with Crippen molar-refractivity contribution in [3.05, 3.63) is 64.1 Å². The molecule has 11 nitrogen and oxygen atoms in total. The molecule has 6 N–H and O–H groups in total. The molecular formula is C40H59N5O6S. The summed E-state index contributed by atoms with van der Waals surface area (Å²) in [5.74, 6) is -2.51. The van der Waals surface area contributed by atoms with Gasteiger partial charge in [0.25, 0.3) is 5.91 Å². The maximum absolute atomic E-state index is 13.9. The zero-order valence-electron chi connectivity index (χ0n) is 31.3. The number of hydrogen-bond donors (Lipinski definition) is 6.